The smallest absolute Gasteiger partial charge is 0.239 e. The van der Waals surface area contributed by atoms with Crippen LogP contribution in [0.4, 0.5) is 5.82 Å². The van der Waals surface area contributed by atoms with Crippen LogP contribution in [0.25, 0.3) is 0 Å². The standard InChI is InChI=1S/C9H15N3O3S/c1-3-9(15-2)12-8-5-4-7(6-11-8)16(10,13)14/h4-6,9H,3H2,1-2H3,(H,11,12)(H2,10,13,14). The number of nitrogens with two attached hydrogens (primary N) is 1. The Morgan fingerprint density at radius 2 is 2.25 bits per heavy atom. The molecule has 0 amide bonds. The van der Waals surface area contributed by atoms with E-state index in [4.69, 9.17) is 9.88 Å². The Kier molecular flexibility index (Phi) is 4.22. The number of sulfonamides is 1. The predicted octanol–water partition coefficient (Wildman–Crippen LogP) is 0.523. The first-order valence-electron chi connectivity index (χ1n) is 4.75. The van der Waals surface area contributed by atoms with E-state index in [2.05, 4.69) is 10.3 Å². The average molecular weight is 245 g/mol. The minimum atomic E-state index is -3.68. The Bertz CT molecular complexity index is 426. The Balaban J connectivity index is 2.80. The number of rotatable bonds is 5. The van der Waals surface area contributed by atoms with Crippen LogP contribution in [-0.2, 0) is 14.8 Å². The maximum absolute atomic E-state index is 11.0. The topological polar surface area (TPSA) is 94.3 Å². The number of aromatic nitrogens is 1. The first-order chi connectivity index (χ1) is 7.47. The van der Waals surface area contributed by atoms with Gasteiger partial charge < -0.3 is 10.1 Å². The van der Waals surface area contributed by atoms with E-state index in [1.54, 1.807) is 13.2 Å². The third-order valence-electron chi connectivity index (χ3n) is 2.03. The van der Waals surface area contributed by atoms with Crippen LogP contribution in [0.2, 0.25) is 0 Å². The molecule has 0 spiro atoms. The molecular formula is C9H15N3O3S. The van der Waals surface area contributed by atoms with Crippen molar-refractivity contribution in [2.45, 2.75) is 24.5 Å². The van der Waals surface area contributed by atoms with Crippen molar-refractivity contribution in [3.8, 4) is 0 Å². The summed E-state index contributed by atoms with van der Waals surface area (Å²) >= 11 is 0. The number of nitrogens with zero attached hydrogens (tertiary/aromatic N) is 1. The fourth-order valence-corrected chi connectivity index (χ4v) is 1.58. The maximum Gasteiger partial charge on any atom is 0.239 e. The molecule has 0 saturated carbocycles. The molecule has 0 aliphatic rings. The van der Waals surface area contributed by atoms with Crippen molar-refractivity contribution in [3.63, 3.8) is 0 Å². The van der Waals surface area contributed by atoms with E-state index in [0.29, 0.717) is 5.82 Å². The number of primary sulfonamides is 1. The van der Waals surface area contributed by atoms with Gasteiger partial charge in [0.05, 0.1) is 0 Å². The molecule has 90 valence electrons. The number of ether oxygens (including phenoxy) is 1. The highest BCUT2D eigenvalue weighted by molar-refractivity contribution is 7.89. The number of hydrogen-bond donors (Lipinski definition) is 2. The molecule has 16 heavy (non-hydrogen) atoms. The molecule has 1 atom stereocenters. The van der Waals surface area contributed by atoms with Gasteiger partial charge in [-0.1, -0.05) is 6.92 Å². The average Bonchev–Trinajstić information content (AvgIpc) is 2.25. The van der Waals surface area contributed by atoms with Gasteiger partial charge in [-0.3, -0.25) is 0 Å². The van der Waals surface area contributed by atoms with Crippen molar-refractivity contribution in [2.75, 3.05) is 12.4 Å². The number of methoxy groups -OCH3 is 1. The zero-order valence-electron chi connectivity index (χ0n) is 9.17. The lowest BCUT2D eigenvalue weighted by molar-refractivity contribution is 0.122. The lowest BCUT2D eigenvalue weighted by Gasteiger charge is -2.15. The number of anilines is 1. The van der Waals surface area contributed by atoms with E-state index in [1.165, 1.54) is 12.3 Å². The summed E-state index contributed by atoms with van der Waals surface area (Å²) < 4.78 is 27.0. The molecule has 1 rings (SSSR count). The summed E-state index contributed by atoms with van der Waals surface area (Å²) in [6.45, 7) is 1.96. The molecule has 0 radical (unpaired) electrons. The fourth-order valence-electron chi connectivity index (χ4n) is 1.13. The summed E-state index contributed by atoms with van der Waals surface area (Å²) in [7, 11) is -2.10. The quantitative estimate of drug-likeness (QED) is 0.738. The third-order valence-corrected chi connectivity index (χ3v) is 2.93. The lowest BCUT2D eigenvalue weighted by Crippen LogP contribution is -2.21. The van der Waals surface area contributed by atoms with Gasteiger partial charge >= 0.3 is 0 Å². The van der Waals surface area contributed by atoms with Crippen molar-refractivity contribution in [1.82, 2.24) is 4.98 Å². The zero-order chi connectivity index (χ0) is 12.2. The highest BCUT2D eigenvalue weighted by atomic mass is 32.2. The molecule has 1 heterocycles. The van der Waals surface area contributed by atoms with Crippen LogP contribution in [0.1, 0.15) is 13.3 Å². The lowest BCUT2D eigenvalue weighted by atomic mass is 10.4. The summed E-state index contributed by atoms with van der Waals surface area (Å²) in [4.78, 5) is 3.92. The van der Waals surface area contributed by atoms with Crippen molar-refractivity contribution in [2.24, 2.45) is 5.14 Å². The molecule has 0 fully saturated rings. The number of pyridine rings is 1. The summed E-state index contributed by atoms with van der Waals surface area (Å²) in [6, 6.07) is 2.94. The van der Waals surface area contributed by atoms with Gasteiger partial charge in [-0.05, 0) is 18.6 Å². The van der Waals surface area contributed by atoms with Crippen molar-refractivity contribution >= 4 is 15.8 Å². The molecular weight excluding hydrogens is 230 g/mol. The monoisotopic (exact) mass is 245 g/mol. The molecule has 0 saturated heterocycles. The predicted molar refractivity (Wildman–Crippen MR) is 60.3 cm³/mol. The fraction of sp³-hybridized carbons (Fsp3) is 0.444. The summed E-state index contributed by atoms with van der Waals surface area (Å²) in [6.07, 6.45) is 1.84. The summed E-state index contributed by atoms with van der Waals surface area (Å²) in [5.74, 6) is 0.543. The van der Waals surface area contributed by atoms with E-state index < -0.39 is 10.0 Å². The zero-order valence-corrected chi connectivity index (χ0v) is 9.99. The second-order valence-electron chi connectivity index (χ2n) is 3.20. The molecule has 1 unspecified atom stereocenters. The van der Waals surface area contributed by atoms with Crippen LogP contribution in [0.5, 0.6) is 0 Å². The second kappa shape index (κ2) is 5.24. The van der Waals surface area contributed by atoms with Gasteiger partial charge in [0.25, 0.3) is 0 Å². The Morgan fingerprint density at radius 3 is 2.62 bits per heavy atom. The normalized spacial score (nSPS) is 13.4. The van der Waals surface area contributed by atoms with Crippen LogP contribution in [0.15, 0.2) is 23.2 Å². The molecule has 0 bridgehead atoms. The van der Waals surface area contributed by atoms with Gasteiger partial charge in [0, 0.05) is 13.3 Å². The second-order valence-corrected chi connectivity index (χ2v) is 4.76. The molecule has 0 aliphatic heterocycles. The molecule has 0 aliphatic carbocycles. The summed E-state index contributed by atoms with van der Waals surface area (Å²) in [5, 5.41) is 7.94. The van der Waals surface area contributed by atoms with E-state index >= 15 is 0 Å². The highest BCUT2D eigenvalue weighted by Gasteiger charge is 2.09. The van der Waals surface area contributed by atoms with Crippen LogP contribution < -0.4 is 10.5 Å². The van der Waals surface area contributed by atoms with Gasteiger partial charge in [0.1, 0.15) is 16.9 Å². The van der Waals surface area contributed by atoms with E-state index in [1.807, 2.05) is 6.92 Å². The SMILES string of the molecule is CCC(Nc1ccc(S(N)(=O)=O)cn1)OC. The van der Waals surface area contributed by atoms with E-state index in [-0.39, 0.29) is 11.1 Å². The van der Waals surface area contributed by atoms with Gasteiger partial charge in [-0.2, -0.15) is 0 Å². The van der Waals surface area contributed by atoms with Crippen molar-refractivity contribution < 1.29 is 13.2 Å². The van der Waals surface area contributed by atoms with Gasteiger partial charge in [-0.15, -0.1) is 0 Å². The van der Waals surface area contributed by atoms with Crippen LogP contribution in [-0.4, -0.2) is 26.7 Å². The van der Waals surface area contributed by atoms with Crippen LogP contribution in [0.3, 0.4) is 0 Å². The largest absolute Gasteiger partial charge is 0.362 e. The molecule has 1 aromatic rings. The van der Waals surface area contributed by atoms with Crippen LogP contribution >= 0.6 is 0 Å². The minimum Gasteiger partial charge on any atom is -0.362 e. The molecule has 7 heteroatoms. The summed E-state index contributed by atoms with van der Waals surface area (Å²) in [5.41, 5.74) is 0. The van der Waals surface area contributed by atoms with Gasteiger partial charge in [-0.25, -0.2) is 18.5 Å². The van der Waals surface area contributed by atoms with E-state index in [0.717, 1.165) is 6.42 Å². The molecule has 0 aromatic carbocycles. The molecule has 1 aromatic heterocycles. The van der Waals surface area contributed by atoms with Gasteiger partial charge in [0.15, 0.2) is 0 Å². The van der Waals surface area contributed by atoms with Crippen LogP contribution in [0, 0.1) is 0 Å². The van der Waals surface area contributed by atoms with Crippen molar-refractivity contribution in [1.29, 1.82) is 0 Å². The molecule has 3 N–H and O–H groups in total. The highest BCUT2D eigenvalue weighted by Crippen LogP contribution is 2.10. The first-order valence-corrected chi connectivity index (χ1v) is 6.30. The van der Waals surface area contributed by atoms with Crippen molar-refractivity contribution in [3.05, 3.63) is 18.3 Å². The number of hydrogen-bond acceptors (Lipinski definition) is 5. The molecule has 6 nitrogen and oxygen atoms in total. The maximum atomic E-state index is 11.0. The Hall–Kier alpha value is -1.18. The number of nitrogens with one attached hydrogen (secondary N) is 1. The first kappa shape index (κ1) is 12.9. The third kappa shape index (κ3) is 3.44. The van der Waals surface area contributed by atoms with Gasteiger partial charge in [0.2, 0.25) is 10.0 Å². The Morgan fingerprint density at radius 1 is 1.56 bits per heavy atom. The minimum absolute atomic E-state index is 0.0106. The Labute approximate surface area is 94.9 Å². The van der Waals surface area contributed by atoms with E-state index in [9.17, 15) is 8.42 Å².